The fraction of sp³-hybridized carbons (Fsp3) is 0.571. The van der Waals surface area contributed by atoms with Gasteiger partial charge >= 0.3 is 0 Å². The summed E-state index contributed by atoms with van der Waals surface area (Å²) in [5.74, 6) is 1.46. The minimum atomic E-state index is 0.406. The van der Waals surface area contributed by atoms with Gasteiger partial charge in [0.1, 0.15) is 5.75 Å². The number of aromatic hydroxyl groups is 1. The molecule has 0 saturated carbocycles. The zero-order valence-electron chi connectivity index (χ0n) is 10.2. The van der Waals surface area contributed by atoms with Crippen LogP contribution in [0.25, 0.3) is 0 Å². The van der Waals surface area contributed by atoms with Crippen LogP contribution >= 0.6 is 0 Å². The molecule has 1 nitrogen and oxygen atoms in total. The van der Waals surface area contributed by atoms with E-state index in [9.17, 15) is 5.11 Å². The lowest BCUT2D eigenvalue weighted by atomic mass is 9.91. The summed E-state index contributed by atoms with van der Waals surface area (Å²) in [7, 11) is 0. The van der Waals surface area contributed by atoms with Crippen LogP contribution in [0.2, 0.25) is 0 Å². The Bertz CT molecular complexity index is 289. The molecule has 1 N–H and O–H groups in total. The van der Waals surface area contributed by atoms with Gasteiger partial charge in [0.2, 0.25) is 0 Å². The third-order valence-electron chi connectivity index (χ3n) is 3.33. The van der Waals surface area contributed by atoms with Gasteiger partial charge in [0.25, 0.3) is 0 Å². The zero-order valence-corrected chi connectivity index (χ0v) is 10.2. The minimum absolute atomic E-state index is 0.406. The average Bonchev–Trinajstić information content (AvgIpc) is 2.26. The predicted octanol–water partition coefficient (Wildman–Crippen LogP) is 4.42. The molecule has 1 aromatic rings. The first-order chi connectivity index (χ1) is 7.08. The number of hydrogen-bond donors (Lipinski definition) is 1. The summed E-state index contributed by atoms with van der Waals surface area (Å²) < 4.78 is 0. The molecule has 1 aromatic carbocycles. The van der Waals surface area contributed by atoms with Crippen LogP contribution in [0.4, 0.5) is 0 Å². The molecule has 1 rings (SSSR count). The van der Waals surface area contributed by atoms with Gasteiger partial charge in [-0.25, -0.2) is 0 Å². The molecule has 0 spiro atoms. The first-order valence-corrected chi connectivity index (χ1v) is 5.92. The maximum Gasteiger partial charge on any atom is 0.116 e. The molecule has 0 aliphatic rings. The number of rotatable bonds is 4. The third-order valence-corrected chi connectivity index (χ3v) is 3.33. The Morgan fingerprint density at radius 1 is 0.933 bits per heavy atom. The summed E-state index contributed by atoms with van der Waals surface area (Å²) >= 11 is 0. The Hall–Kier alpha value is -0.980. The molecule has 0 aliphatic heterocycles. The van der Waals surface area contributed by atoms with Crippen LogP contribution in [0.3, 0.4) is 0 Å². The second kappa shape index (κ2) is 5.20. The van der Waals surface area contributed by atoms with Crippen molar-refractivity contribution in [3.8, 4) is 5.75 Å². The second-order valence-electron chi connectivity index (χ2n) is 4.48. The smallest absolute Gasteiger partial charge is 0.116 e. The van der Waals surface area contributed by atoms with Gasteiger partial charge in [0.15, 0.2) is 0 Å². The van der Waals surface area contributed by atoms with Gasteiger partial charge in [-0.3, -0.25) is 0 Å². The SMILES string of the molecule is CCC(C)c1cc(O)cc(C(C)CC)c1. The van der Waals surface area contributed by atoms with Crippen LogP contribution in [0.5, 0.6) is 5.75 Å². The highest BCUT2D eigenvalue weighted by atomic mass is 16.3. The van der Waals surface area contributed by atoms with Crippen molar-refractivity contribution < 1.29 is 5.11 Å². The summed E-state index contributed by atoms with van der Waals surface area (Å²) in [4.78, 5) is 0. The Balaban J connectivity index is 3.04. The van der Waals surface area contributed by atoms with Crippen LogP contribution in [0.15, 0.2) is 18.2 Å². The average molecular weight is 206 g/mol. The molecule has 0 bridgehead atoms. The first-order valence-electron chi connectivity index (χ1n) is 5.92. The van der Waals surface area contributed by atoms with Crippen molar-refractivity contribution in [3.63, 3.8) is 0 Å². The van der Waals surface area contributed by atoms with E-state index in [4.69, 9.17) is 0 Å². The summed E-state index contributed by atoms with van der Waals surface area (Å²) in [5, 5.41) is 9.68. The Kier molecular flexibility index (Phi) is 4.19. The molecule has 0 aromatic heterocycles. The van der Waals surface area contributed by atoms with E-state index in [0.29, 0.717) is 17.6 Å². The van der Waals surface area contributed by atoms with E-state index >= 15 is 0 Å². The Labute approximate surface area is 93.1 Å². The van der Waals surface area contributed by atoms with Crippen LogP contribution in [0, 0.1) is 0 Å². The fourth-order valence-electron chi connectivity index (χ4n) is 1.70. The largest absolute Gasteiger partial charge is 0.508 e. The summed E-state index contributed by atoms with van der Waals surface area (Å²) in [6.07, 6.45) is 2.23. The van der Waals surface area contributed by atoms with Crippen molar-refractivity contribution in [1.29, 1.82) is 0 Å². The van der Waals surface area contributed by atoms with E-state index in [1.807, 2.05) is 12.1 Å². The quantitative estimate of drug-likeness (QED) is 0.773. The lowest BCUT2D eigenvalue weighted by Gasteiger charge is -2.15. The Morgan fingerprint density at radius 3 is 1.67 bits per heavy atom. The normalized spacial score (nSPS) is 14.9. The second-order valence-corrected chi connectivity index (χ2v) is 4.48. The molecule has 2 atom stereocenters. The number of phenols is 1. The molecule has 0 fully saturated rings. The van der Waals surface area contributed by atoms with Crippen molar-refractivity contribution >= 4 is 0 Å². The third kappa shape index (κ3) is 2.98. The van der Waals surface area contributed by atoms with Gasteiger partial charge in [-0.2, -0.15) is 0 Å². The van der Waals surface area contributed by atoms with Gasteiger partial charge in [0.05, 0.1) is 0 Å². The lowest BCUT2D eigenvalue weighted by molar-refractivity contribution is 0.472. The van der Waals surface area contributed by atoms with E-state index in [1.165, 1.54) is 11.1 Å². The summed E-state index contributed by atoms with van der Waals surface area (Å²) in [5.41, 5.74) is 2.51. The minimum Gasteiger partial charge on any atom is -0.508 e. The molecular formula is C14H22O. The molecule has 0 saturated heterocycles. The highest BCUT2D eigenvalue weighted by Crippen LogP contribution is 2.29. The van der Waals surface area contributed by atoms with Gasteiger partial charge in [-0.1, -0.05) is 33.8 Å². The summed E-state index contributed by atoms with van der Waals surface area (Å²) in [6.45, 7) is 8.76. The van der Waals surface area contributed by atoms with E-state index in [1.54, 1.807) is 0 Å². The van der Waals surface area contributed by atoms with Crippen molar-refractivity contribution in [3.05, 3.63) is 29.3 Å². The molecule has 2 unspecified atom stereocenters. The van der Waals surface area contributed by atoms with Crippen LogP contribution < -0.4 is 0 Å². The highest BCUT2D eigenvalue weighted by Gasteiger charge is 2.09. The number of benzene rings is 1. The molecule has 0 heterocycles. The molecule has 1 heteroatoms. The van der Waals surface area contributed by atoms with Crippen LogP contribution in [0.1, 0.15) is 63.5 Å². The first kappa shape index (κ1) is 12.1. The van der Waals surface area contributed by atoms with E-state index in [-0.39, 0.29) is 0 Å². The van der Waals surface area contributed by atoms with Gasteiger partial charge in [-0.15, -0.1) is 0 Å². The monoisotopic (exact) mass is 206 g/mol. The van der Waals surface area contributed by atoms with Gasteiger partial charge in [0, 0.05) is 0 Å². The van der Waals surface area contributed by atoms with E-state index < -0.39 is 0 Å². The topological polar surface area (TPSA) is 20.2 Å². The zero-order chi connectivity index (χ0) is 11.4. The van der Waals surface area contributed by atoms with Crippen molar-refractivity contribution in [2.45, 2.75) is 52.4 Å². The number of hydrogen-bond acceptors (Lipinski definition) is 1. The molecule has 0 amide bonds. The van der Waals surface area contributed by atoms with Crippen molar-refractivity contribution in [1.82, 2.24) is 0 Å². The summed E-state index contributed by atoms with van der Waals surface area (Å²) in [6, 6.07) is 6.02. The van der Waals surface area contributed by atoms with Crippen molar-refractivity contribution in [2.24, 2.45) is 0 Å². The molecule has 0 radical (unpaired) electrons. The van der Waals surface area contributed by atoms with Crippen LogP contribution in [-0.2, 0) is 0 Å². The standard InChI is InChI=1S/C14H22O/c1-5-10(3)12-7-13(11(4)6-2)9-14(15)8-12/h7-11,15H,5-6H2,1-4H3. The molecule has 15 heavy (non-hydrogen) atoms. The van der Waals surface area contributed by atoms with Gasteiger partial charge < -0.3 is 5.11 Å². The van der Waals surface area contributed by atoms with Gasteiger partial charge in [-0.05, 0) is 47.9 Å². The number of phenolic OH excluding ortho intramolecular Hbond substituents is 1. The lowest BCUT2D eigenvalue weighted by Crippen LogP contribution is -1.96. The maximum atomic E-state index is 9.68. The fourth-order valence-corrected chi connectivity index (χ4v) is 1.70. The van der Waals surface area contributed by atoms with E-state index in [0.717, 1.165) is 12.8 Å². The maximum absolute atomic E-state index is 9.68. The molecule has 0 aliphatic carbocycles. The molecular weight excluding hydrogens is 184 g/mol. The van der Waals surface area contributed by atoms with Crippen LogP contribution in [-0.4, -0.2) is 5.11 Å². The molecule has 84 valence electrons. The predicted molar refractivity (Wildman–Crippen MR) is 65.5 cm³/mol. The van der Waals surface area contributed by atoms with Crippen molar-refractivity contribution in [2.75, 3.05) is 0 Å². The highest BCUT2D eigenvalue weighted by molar-refractivity contribution is 5.36. The van der Waals surface area contributed by atoms with E-state index in [2.05, 4.69) is 33.8 Å². The Morgan fingerprint density at radius 2 is 1.33 bits per heavy atom.